The summed E-state index contributed by atoms with van der Waals surface area (Å²) in [4.78, 5) is 29.4. The van der Waals surface area contributed by atoms with Gasteiger partial charge in [-0.2, -0.15) is 18.3 Å². The molecule has 1 aliphatic carbocycles. The van der Waals surface area contributed by atoms with Gasteiger partial charge in [0.1, 0.15) is 11.6 Å². The van der Waals surface area contributed by atoms with Crippen molar-refractivity contribution in [1.29, 1.82) is 0 Å². The number of alkyl halides is 3. The van der Waals surface area contributed by atoms with E-state index in [2.05, 4.69) is 25.8 Å². The van der Waals surface area contributed by atoms with E-state index in [1.54, 1.807) is 0 Å². The number of halogens is 4. The van der Waals surface area contributed by atoms with E-state index < -0.39 is 23.0 Å². The van der Waals surface area contributed by atoms with Crippen LogP contribution < -0.4 is 16.4 Å². The summed E-state index contributed by atoms with van der Waals surface area (Å²) in [6, 6.07) is 6.78. The van der Waals surface area contributed by atoms with Crippen LogP contribution >= 0.6 is 0 Å². The highest BCUT2D eigenvalue weighted by atomic mass is 19.4. The molecule has 0 saturated heterocycles. The zero-order valence-corrected chi connectivity index (χ0v) is 18.2. The fourth-order valence-corrected chi connectivity index (χ4v) is 3.56. The Morgan fingerprint density at radius 1 is 1.09 bits per heavy atom. The number of anilines is 3. The Bertz CT molecular complexity index is 1260. The van der Waals surface area contributed by atoms with Crippen LogP contribution in [0.15, 0.2) is 48.8 Å². The molecule has 4 rings (SSSR count). The summed E-state index contributed by atoms with van der Waals surface area (Å²) in [6.45, 7) is 0.0726. The van der Waals surface area contributed by atoms with Crippen LogP contribution in [0.5, 0.6) is 0 Å². The number of benzene rings is 1. The molecule has 2 aromatic heterocycles. The highest BCUT2D eigenvalue weighted by Crippen LogP contribution is 2.49. The third-order valence-electron chi connectivity index (χ3n) is 5.65. The first kappa shape index (κ1) is 24.0. The lowest BCUT2D eigenvalue weighted by Gasteiger charge is -2.16. The van der Waals surface area contributed by atoms with Gasteiger partial charge >= 0.3 is 6.18 Å². The zero-order chi connectivity index (χ0) is 25.2. The molecule has 3 aromatic rings. The van der Waals surface area contributed by atoms with Gasteiger partial charge in [0.05, 0.1) is 47.0 Å². The Balaban J connectivity index is 1.35. The molecule has 8 nitrogen and oxygen atoms in total. The fourth-order valence-electron chi connectivity index (χ4n) is 3.56. The van der Waals surface area contributed by atoms with Gasteiger partial charge in [0.2, 0.25) is 5.91 Å². The largest absolute Gasteiger partial charge is 0.418 e. The molecule has 1 aliphatic rings. The van der Waals surface area contributed by atoms with Gasteiger partial charge in [-0.05, 0) is 49.2 Å². The summed E-state index contributed by atoms with van der Waals surface area (Å²) >= 11 is 0. The van der Waals surface area contributed by atoms with Gasteiger partial charge in [-0.3, -0.25) is 14.6 Å². The van der Waals surface area contributed by atoms with Crippen LogP contribution in [0.1, 0.15) is 40.9 Å². The number of amides is 1. The third kappa shape index (κ3) is 5.70. The molecule has 2 heterocycles. The number of hydrogen-bond acceptors (Lipinski definition) is 7. The van der Waals surface area contributed by atoms with E-state index in [-0.39, 0.29) is 47.4 Å². The van der Waals surface area contributed by atoms with Crippen molar-refractivity contribution in [3.05, 3.63) is 71.4 Å². The van der Waals surface area contributed by atoms with Crippen LogP contribution in [-0.2, 0) is 17.5 Å². The van der Waals surface area contributed by atoms with Crippen molar-refractivity contribution in [3.63, 3.8) is 0 Å². The molecule has 0 aliphatic heterocycles. The molecule has 0 unspecified atom stereocenters. The third-order valence-corrected chi connectivity index (χ3v) is 5.65. The number of ketones is 1. The van der Waals surface area contributed by atoms with E-state index in [1.165, 1.54) is 30.6 Å². The number of rotatable bonds is 8. The van der Waals surface area contributed by atoms with Crippen molar-refractivity contribution in [2.45, 2.75) is 32.0 Å². The van der Waals surface area contributed by atoms with Gasteiger partial charge in [0, 0.05) is 12.0 Å². The summed E-state index contributed by atoms with van der Waals surface area (Å²) in [5.41, 5.74) is 4.32. The van der Waals surface area contributed by atoms with Crippen LogP contribution in [0.4, 0.5) is 34.8 Å². The maximum absolute atomic E-state index is 13.3. The van der Waals surface area contributed by atoms with Crippen LogP contribution in [-0.4, -0.2) is 26.9 Å². The maximum atomic E-state index is 13.3. The van der Waals surface area contributed by atoms with Crippen molar-refractivity contribution in [2.75, 3.05) is 11.1 Å². The number of aromatic nitrogens is 3. The van der Waals surface area contributed by atoms with Crippen molar-refractivity contribution < 1.29 is 27.2 Å². The highest BCUT2D eigenvalue weighted by molar-refractivity contribution is 6.00. The van der Waals surface area contributed by atoms with E-state index in [1.807, 2.05) is 0 Å². The molecule has 1 amide bonds. The first-order valence-electron chi connectivity index (χ1n) is 10.5. The van der Waals surface area contributed by atoms with Crippen molar-refractivity contribution >= 4 is 28.9 Å². The van der Waals surface area contributed by atoms with Gasteiger partial charge in [0.15, 0.2) is 5.78 Å². The summed E-state index contributed by atoms with van der Waals surface area (Å²) in [5, 5.41) is 12.6. The minimum Gasteiger partial charge on any atom is -0.382 e. The van der Waals surface area contributed by atoms with E-state index >= 15 is 0 Å². The molecular weight excluding hydrogens is 468 g/mol. The Morgan fingerprint density at radius 3 is 2.49 bits per heavy atom. The summed E-state index contributed by atoms with van der Waals surface area (Å²) in [5.74, 6) is -1.43. The van der Waals surface area contributed by atoms with Crippen molar-refractivity contribution in [2.24, 2.45) is 5.41 Å². The molecule has 0 radical (unpaired) electrons. The lowest BCUT2D eigenvalue weighted by molar-refractivity contribution is -0.137. The van der Waals surface area contributed by atoms with E-state index in [0.717, 1.165) is 12.1 Å². The maximum Gasteiger partial charge on any atom is 0.418 e. The minimum absolute atomic E-state index is 0.0134. The van der Waals surface area contributed by atoms with E-state index in [9.17, 15) is 27.2 Å². The van der Waals surface area contributed by atoms with Gasteiger partial charge < -0.3 is 16.4 Å². The number of nitrogens with zero attached hydrogens (tertiary/aromatic N) is 3. The quantitative estimate of drug-likeness (QED) is 0.323. The number of Topliss-reactive ketones (excluding diaryl/α,β-unsaturated/α-hetero) is 1. The minimum atomic E-state index is -4.73. The lowest BCUT2D eigenvalue weighted by atomic mass is 9.95. The Kier molecular flexibility index (Phi) is 6.37. The zero-order valence-electron chi connectivity index (χ0n) is 18.2. The molecule has 0 spiro atoms. The Labute approximate surface area is 197 Å². The smallest absolute Gasteiger partial charge is 0.382 e. The molecule has 1 saturated carbocycles. The van der Waals surface area contributed by atoms with Crippen LogP contribution in [0.3, 0.4) is 0 Å². The number of nitrogens with one attached hydrogen (secondary N) is 2. The predicted molar refractivity (Wildman–Crippen MR) is 118 cm³/mol. The van der Waals surface area contributed by atoms with Crippen LogP contribution in [0, 0.1) is 11.2 Å². The van der Waals surface area contributed by atoms with Gasteiger partial charge in [-0.25, -0.2) is 4.39 Å². The second kappa shape index (κ2) is 9.28. The SMILES string of the molecule is Nc1cc(C(=O)CC2(C(=O)NCc3ccc(Nc4ccc(F)cc4C(F)(F)F)cn3)CC2)cnn1. The fraction of sp³-hybridized carbons (Fsp3) is 0.261. The van der Waals surface area contributed by atoms with Gasteiger partial charge in [-0.15, -0.1) is 5.10 Å². The number of hydrogen-bond donors (Lipinski definition) is 3. The Hall–Kier alpha value is -4.09. The first-order chi connectivity index (χ1) is 16.6. The molecular formula is C23H20F4N6O2. The average molecular weight is 488 g/mol. The highest BCUT2D eigenvalue weighted by Gasteiger charge is 2.51. The average Bonchev–Trinajstić information content (AvgIpc) is 3.59. The van der Waals surface area contributed by atoms with Crippen molar-refractivity contribution in [1.82, 2.24) is 20.5 Å². The van der Waals surface area contributed by atoms with Crippen LogP contribution in [0.2, 0.25) is 0 Å². The number of pyridine rings is 1. The predicted octanol–water partition coefficient (Wildman–Crippen LogP) is 4.02. The molecule has 0 atom stereocenters. The Morgan fingerprint density at radius 2 is 1.86 bits per heavy atom. The summed E-state index contributed by atoms with van der Waals surface area (Å²) < 4.78 is 52.8. The molecule has 182 valence electrons. The molecule has 1 fully saturated rings. The number of nitrogen functional groups attached to an aromatic ring is 1. The topological polar surface area (TPSA) is 123 Å². The summed E-state index contributed by atoms with van der Waals surface area (Å²) in [6.07, 6.45) is -0.984. The number of carbonyl (C=O) groups is 2. The molecule has 1 aromatic carbocycles. The second-order valence-corrected chi connectivity index (χ2v) is 8.28. The molecule has 4 N–H and O–H groups in total. The number of carbonyl (C=O) groups excluding carboxylic acids is 2. The van der Waals surface area contributed by atoms with Crippen molar-refractivity contribution in [3.8, 4) is 0 Å². The van der Waals surface area contributed by atoms with Crippen LogP contribution in [0.25, 0.3) is 0 Å². The molecule has 0 bridgehead atoms. The second-order valence-electron chi connectivity index (χ2n) is 8.28. The lowest BCUT2D eigenvalue weighted by Crippen LogP contribution is -2.33. The first-order valence-corrected chi connectivity index (χ1v) is 10.5. The van der Waals surface area contributed by atoms with E-state index in [0.29, 0.717) is 24.6 Å². The monoisotopic (exact) mass is 488 g/mol. The molecule has 12 heteroatoms. The van der Waals surface area contributed by atoms with Gasteiger partial charge in [-0.1, -0.05) is 0 Å². The standard InChI is InChI=1S/C23H20F4N6O2/c24-14-1-4-18(17(8-14)23(25,26)27)32-16-3-2-15(29-12-16)11-30-21(35)22(5-6-22)9-19(34)13-7-20(28)33-31-10-13/h1-4,7-8,10,12,32H,5-6,9,11H2,(H2,28,33)(H,30,35). The number of nitrogens with two attached hydrogens (primary N) is 1. The normalized spacial score (nSPS) is 14.3. The summed E-state index contributed by atoms with van der Waals surface area (Å²) in [7, 11) is 0. The van der Waals surface area contributed by atoms with E-state index in [4.69, 9.17) is 5.73 Å². The molecule has 35 heavy (non-hydrogen) atoms. The van der Waals surface area contributed by atoms with Gasteiger partial charge in [0.25, 0.3) is 0 Å².